The largest absolute Gasteiger partial charge is 0.352 e. The maximum Gasteiger partial charge on any atom is 0.251 e. The van der Waals surface area contributed by atoms with Crippen LogP contribution in [0.2, 0.25) is 5.02 Å². The molecule has 0 aliphatic carbocycles. The van der Waals surface area contributed by atoms with Crippen molar-refractivity contribution in [1.29, 1.82) is 0 Å². The zero-order valence-corrected chi connectivity index (χ0v) is 18.1. The van der Waals surface area contributed by atoms with E-state index in [-0.39, 0.29) is 21.4 Å². The number of hydrogen-bond donors (Lipinski definition) is 2. The lowest BCUT2D eigenvalue weighted by atomic mass is 9.94. The summed E-state index contributed by atoms with van der Waals surface area (Å²) in [7, 11) is -1.69. The highest BCUT2D eigenvalue weighted by Crippen LogP contribution is 2.24. The molecule has 27 heavy (non-hydrogen) atoms. The standard InChI is InChI=1S/C19H30ClN3O3S/c1-19(2,3)22-27(25,26)17-13-15(5-6-16(17)20)18(24)21-10-7-14-8-11-23(4)12-9-14/h5-6,13-14,22H,7-12H2,1-4H3,(H,21,24). The van der Waals surface area contributed by atoms with Gasteiger partial charge in [0.2, 0.25) is 10.0 Å². The van der Waals surface area contributed by atoms with Gasteiger partial charge in [-0.15, -0.1) is 0 Å². The van der Waals surface area contributed by atoms with Gasteiger partial charge in [0.05, 0.1) is 5.02 Å². The summed E-state index contributed by atoms with van der Waals surface area (Å²) in [5.41, 5.74) is -0.355. The number of piperidine rings is 1. The number of carbonyl (C=O) groups excluding carboxylic acids is 1. The second-order valence-corrected chi connectivity index (χ2v) is 10.3. The first-order chi connectivity index (χ1) is 12.5. The van der Waals surface area contributed by atoms with Gasteiger partial charge in [0, 0.05) is 17.6 Å². The van der Waals surface area contributed by atoms with E-state index in [1.54, 1.807) is 26.8 Å². The van der Waals surface area contributed by atoms with Gasteiger partial charge in [0.25, 0.3) is 5.91 Å². The van der Waals surface area contributed by atoms with E-state index in [4.69, 9.17) is 11.6 Å². The van der Waals surface area contributed by atoms with Gasteiger partial charge in [-0.2, -0.15) is 0 Å². The molecule has 0 radical (unpaired) electrons. The van der Waals surface area contributed by atoms with Crippen molar-refractivity contribution in [3.05, 3.63) is 28.8 Å². The topological polar surface area (TPSA) is 78.5 Å². The van der Waals surface area contributed by atoms with Crippen molar-refractivity contribution >= 4 is 27.5 Å². The van der Waals surface area contributed by atoms with Crippen molar-refractivity contribution in [1.82, 2.24) is 14.9 Å². The third kappa shape index (κ3) is 6.75. The van der Waals surface area contributed by atoms with Crippen molar-refractivity contribution < 1.29 is 13.2 Å². The van der Waals surface area contributed by atoms with Crippen molar-refractivity contribution in [2.24, 2.45) is 5.92 Å². The fourth-order valence-electron chi connectivity index (χ4n) is 3.15. The molecule has 152 valence electrons. The number of carbonyl (C=O) groups is 1. The number of likely N-dealkylation sites (tertiary alicyclic amines) is 1. The number of nitrogens with zero attached hydrogens (tertiary/aromatic N) is 1. The van der Waals surface area contributed by atoms with Gasteiger partial charge >= 0.3 is 0 Å². The van der Waals surface area contributed by atoms with E-state index in [1.807, 2.05) is 0 Å². The minimum Gasteiger partial charge on any atom is -0.352 e. The fraction of sp³-hybridized carbons (Fsp3) is 0.632. The Morgan fingerprint density at radius 2 is 1.89 bits per heavy atom. The quantitative estimate of drug-likeness (QED) is 0.748. The number of halogens is 1. The first-order valence-corrected chi connectivity index (χ1v) is 11.1. The normalized spacial score (nSPS) is 17.1. The predicted octanol–water partition coefficient (Wildman–Crippen LogP) is 2.88. The molecule has 1 saturated heterocycles. The van der Waals surface area contributed by atoms with Crippen LogP contribution in [0.5, 0.6) is 0 Å². The van der Waals surface area contributed by atoms with Crippen molar-refractivity contribution in [3.63, 3.8) is 0 Å². The Hall–Kier alpha value is -1.15. The minimum absolute atomic E-state index is 0.0814. The molecule has 0 unspecified atom stereocenters. The highest BCUT2D eigenvalue weighted by molar-refractivity contribution is 7.89. The molecule has 1 heterocycles. The molecule has 1 fully saturated rings. The van der Waals surface area contributed by atoms with Crippen LogP contribution < -0.4 is 10.0 Å². The number of hydrogen-bond acceptors (Lipinski definition) is 4. The maximum absolute atomic E-state index is 12.6. The van der Waals surface area contributed by atoms with Crippen LogP contribution in [0.4, 0.5) is 0 Å². The summed E-state index contributed by atoms with van der Waals surface area (Å²) in [6.45, 7) is 8.02. The smallest absolute Gasteiger partial charge is 0.251 e. The molecule has 0 aromatic heterocycles. The minimum atomic E-state index is -3.81. The Morgan fingerprint density at radius 3 is 2.48 bits per heavy atom. The molecule has 0 saturated carbocycles. The lowest BCUT2D eigenvalue weighted by Gasteiger charge is -2.28. The van der Waals surface area contributed by atoms with Crippen LogP contribution in [0, 0.1) is 5.92 Å². The predicted molar refractivity (Wildman–Crippen MR) is 109 cm³/mol. The molecule has 1 aliphatic rings. The number of sulfonamides is 1. The van der Waals surface area contributed by atoms with Crippen LogP contribution >= 0.6 is 11.6 Å². The van der Waals surface area contributed by atoms with Crippen LogP contribution in [0.1, 0.15) is 50.4 Å². The van der Waals surface area contributed by atoms with E-state index in [0.29, 0.717) is 12.5 Å². The first-order valence-electron chi connectivity index (χ1n) is 9.28. The van der Waals surface area contributed by atoms with E-state index in [1.165, 1.54) is 12.1 Å². The molecule has 0 atom stereocenters. The van der Waals surface area contributed by atoms with Gasteiger partial charge < -0.3 is 10.2 Å². The van der Waals surface area contributed by atoms with E-state index in [2.05, 4.69) is 22.0 Å². The second-order valence-electron chi connectivity index (χ2n) is 8.29. The molecular weight excluding hydrogens is 386 g/mol. The Bertz CT molecular complexity index is 767. The molecule has 1 amide bonds. The summed E-state index contributed by atoms with van der Waals surface area (Å²) < 4.78 is 27.7. The average Bonchev–Trinajstić information content (AvgIpc) is 2.54. The monoisotopic (exact) mass is 415 g/mol. The third-order valence-corrected chi connectivity index (χ3v) is 6.84. The summed E-state index contributed by atoms with van der Waals surface area (Å²) in [6.07, 6.45) is 3.23. The van der Waals surface area contributed by atoms with Crippen LogP contribution in [0.15, 0.2) is 23.1 Å². The Labute approximate surface area is 167 Å². The van der Waals surface area contributed by atoms with Gasteiger partial charge in [-0.3, -0.25) is 4.79 Å². The Kier molecular flexibility index (Phi) is 7.30. The molecule has 2 N–H and O–H groups in total. The molecule has 0 spiro atoms. The summed E-state index contributed by atoms with van der Waals surface area (Å²) in [4.78, 5) is 14.7. The van der Waals surface area contributed by atoms with E-state index < -0.39 is 15.6 Å². The van der Waals surface area contributed by atoms with Gasteiger partial charge in [0.1, 0.15) is 4.90 Å². The van der Waals surface area contributed by atoms with Crippen molar-refractivity contribution in [3.8, 4) is 0 Å². The number of benzene rings is 1. The molecule has 8 heteroatoms. The zero-order chi connectivity index (χ0) is 20.2. The summed E-state index contributed by atoms with van der Waals surface area (Å²) in [6, 6.07) is 4.33. The maximum atomic E-state index is 12.6. The second kappa shape index (κ2) is 8.90. The van der Waals surface area contributed by atoms with Gasteiger partial charge in [0.15, 0.2) is 0 Å². The fourth-order valence-corrected chi connectivity index (χ4v) is 5.10. The number of nitrogens with one attached hydrogen (secondary N) is 2. The molecule has 6 nitrogen and oxygen atoms in total. The van der Waals surface area contributed by atoms with Crippen LogP contribution in [0.3, 0.4) is 0 Å². The highest BCUT2D eigenvalue weighted by Gasteiger charge is 2.25. The molecule has 1 aromatic rings. The highest BCUT2D eigenvalue weighted by atomic mass is 35.5. The van der Waals surface area contributed by atoms with Crippen molar-refractivity contribution in [2.75, 3.05) is 26.7 Å². The molecule has 1 aromatic carbocycles. The SMILES string of the molecule is CN1CCC(CCNC(=O)c2ccc(Cl)c(S(=O)(=O)NC(C)(C)C)c2)CC1. The average molecular weight is 416 g/mol. The zero-order valence-electron chi connectivity index (χ0n) is 16.5. The van der Waals surface area contributed by atoms with Crippen molar-refractivity contribution in [2.45, 2.75) is 50.5 Å². The first kappa shape index (κ1) is 22.1. The van der Waals surface area contributed by atoms with Gasteiger partial charge in [-0.25, -0.2) is 13.1 Å². The summed E-state index contributed by atoms with van der Waals surface area (Å²) in [5, 5.41) is 2.99. The van der Waals surface area contributed by atoms with Crippen LogP contribution in [-0.2, 0) is 10.0 Å². The Balaban J connectivity index is 2.01. The summed E-state index contributed by atoms with van der Waals surface area (Å²) >= 11 is 6.08. The lowest BCUT2D eigenvalue weighted by molar-refractivity contribution is 0.0948. The molecule has 0 bridgehead atoms. The number of amides is 1. The lowest BCUT2D eigenvalue weighted by Crippen LogP contribution is -2.40. The van der Waals surface area contributed by atoms with Gasteiger partial charge in [-0.05, 0) is 84.3 Å². The molecule has 1 aliphatic heterocycles. The molecule has 2 rings (SSSR count). The van der Waals surface area contributed by atoms with Crippen LogP contribution in [0.25, 0.3) is 0 Å². The number of rotatable bonds is 6. The van der Waals surface area contributed by atoms with E-state index in [0.717, 1.165) is 32.4 Å². The van der Waals surface area contributed by atoms with Crippen LogP contribution in [-0.4, -0.2) is 51.4 Å². The molecular formula is C19H30ClN3O3S. The van der Waals surface area contributed by atoms with Gasteiger partial charge in [-0.1, -0.05) is 11.6 Å². The van der Waals surface area contributed by atoms with E-state index in [9.17, 15) is 13.2 Å². The Morgan fingerprint density at radius 1 is 1.26 bits per heavy atom. The third-order valence-electron chi connectivity index (χ3n) is 4.60. The summed E-state index contributed by atoms with van der Waals surface area (Å²) in [5.74, 6) is 0.338. The van der Waals surface area contributed by atoms with E-state index >= 15 is 0 Å².